The highest BCUT2D eigenvalue weighted by Crippen LogP contribution is 2.42. The first-order chi connectivity index (χ1) is 14.0. The lowest BCUT2D eigenvalue weighted by atomic mass is 9.95. The molecule has 144 valence electrons. The van der Waals surface area contributed by atoms with Gasteiger partial charge in [0, 0.05) is 16.3 Å². The smallest absolute Gasteiger partial charge is 0.300 e. The molecule has 1 N–H and O–H groups in total. The Kier molecular flexibility index (Phi) is 4.91. The molecule has 1 aliphatic heterocycles. The molecule has 3 aromatic rings. The summed E-state index contributed by atoms with van der Waals surface area (Å²) in [5.74, 6) is -2.34. The van der Waals surface area contributed by atoms with Crippen LogP contribution < -0.4 is 4.90 Å². The van der Waals surface area contributed by atoms with Crippen LogP contribution in [0.5, 0.6) is 0 Å². The first-order valence-electron chi connectivity index (χ1n) is 8.85. The normalized spacial score (nSPS) is 18.3. The fourth-order valence-electron chi connectivity index (χ4n) is 3.41. The van der Waals surface area contributed by atoms with E-state index in [0.717, 1.165) is 0 Å². The molecule has 0 radical (unpaired) electrons. The average molecular weight is 408 g/mol. The van der Waals surface area contributed by atoms with Gasteiger partial charge in [-0.1, -0.05) is 54.1 Å². The molecule has 0 saturated carbocycles. The molecule has 0 bridgehead atoms. The fourth-order valence-corrected chi connectivity index (χ4v) is 3.54. The van der Waals surface area contributed by atoms with Gasteiger partial charge in [-0.05, 0) is 42.0 Å². The molecule has 1 saturated heterocycles. The van der Waals surface area contributed by atoms with E-state index in [-0.39, 0.29) is 11.3 Å². The summed E-state index contributed by atoms with van der Waals surface area (Å²) in [4.78, 5) is 27.1. The van der Waals surface area contributed by atoms with Crippen LogP contribution in [0.15, 0.2) is 84.4 Å². The molecule has 1 atom stereocenters. The number of hydrogen-bond acceptors (Lipinski definition) is 3. The summed E-state index contributed by atoms with van der Waals surface area (Å²) in [6.07, 6.45) is 0. The van der Waals surface area contributed by atoms with E-state index in [1.165, 1.54) is 29.2 Å². The third kappa shape index (κ3) is 3.41. The summed E-state index contributed by atoms with van der Waals surface area (Å²) in [6.45, 7) is 0. The molecular weight excluding hydrogens is 393 g/mol. The number of aliphatic hydroxyl groups is 1. The van der Waals surface area contributed by atoms with Gasteiger partial charge in [0.05, 0.1) is 11.6 Å². The summed E-state index contributed by atoms with van der Waals surface area (Å²) >= 11 is 5.99. The summed E-state index contributed by atoms with van der Waals surface area (Å²) in [7, 11) is 0. The minimum atomic E-state index is -0.877. The maximum atomic E-state index is 13.4. The molecule has 1 fully saturated rings. The standard InChI is InChI=1S/C23H15ClFNO3/c24-16-8-6-14(7-9-16)20-19(21(27)15-4-2-1-3-5-15)22(28)23(29)26(20)18-12-10-17(25)11-13-18/h1-13,20,27H/b21-19+/t20-/m0/s1. The number of benzene rings is 3. The van der Waals surface area contributed by atoms with Gasteiger partial charge in [0.15, 0.2) is 0 Å². The van der Waals surface area contributed by atoms with Gasteiger partial charge < -0.3 is 5.11 Å². The molecule has 3 aromatic carbocycles. The number of nitrogens with zero attached hydrogens (tertiary/aromatic N) is 1. The molecule has 4 nitrogen and oxygen atoms in total. The molecule has 6 heteroatoms. The molecule has 4 rings (SSSR count). The molecular formula is C23H15ClFNO3. The van der Waals surface area contributed by atoms with E-state index < -0.39 is 23.5 Å². The van der Waals surface area contributed by atoms with Gasteiger partial charge in [-0.2, -0.15) is 0 Å². The summed E-state index contributed by atoms with van der Waals surface area (Å²) in [6, 6.07) is 19.6. The van der Waals surface area contributed by atoms with Gasteiger partial charge in [0.25, 0.3) is 11.7 Å². The van der Waals surface area contributed by atoms with Crippen molar-refractivity contribution in [2.24, 2.45) is 0 Å². The summed E-state index contributed by atoms with van der Waals surface area (Å²) < 4.78 is 13.4. The van der Waals surface area contributed by atoms with Gasteiger partial charge in [0.1, 0.15) is 11.6 Å². The molecule has 1 aliphatic rings. The van der Waals surface area contributed by atoms with Crippen LogP contribution in [0.1, 0.15) is 17.2 Å². The number of Topliss-reactive ketones (excluding diaryl/α,β-unsaturated/α-hetero) is 1. The van der Waals surface area contributed by atoms with Crippen LogP contribution in [0.25, 0.3) is 5.76 Å². The van der Waals surface area contributed by atoms with E-state index >= 15 is 0 Å². The molecule has 0 unspecified atom stereocenters. The van der Waals surface area contributed by atoms with E-state index in [2.05, 4.69) is 0 Å². The van der Waals surface area contributed by atoms with Crippen molar-refractivity contribution in [3.05, 3.63) is 106 Å². The highest BCUT2D eigenvalue weighted by Gasteiger charge is 2.46. The first kappa shape index (κ1) is 18.9. The van der Waals surface area contributed by atoms with Crippen LogP contribution in [0.2, 0.25) is 5.02 Å². The highest BCUT2D eigenvalue weighted by atomic mass is 35.5. The Balaban J connectivity index is 1.94. The summed E-state index contributed by atoms with van der Waals surface area (Å²) in [5.41, 5.74) is 1.33. The Hall–Kier alpha value is -3.44. The number of carbonyl (C=O) groups is 2. The molecule has 0 spiro atoms. The number of hydrogen-bond donors (Lipinski definition) is 1. The largest absolute Gasteiger partial charge is 0.507 e. The van der Waals surface area contributed by atoms with Crippen molar-refractivity contribution in [3.63, 3.8) is 0 Å². The number of halogens is 2. The minimum absolute atomic E-state index is 0.0344. The number of anilines is 1. The predicted octanol–water partition coefficient (Wildman–Crippen LogP) is 5.11. The Morgan fingerprint density at radius 2 is 1.52 bits per heavy atom. The highest BCUT2D eigenvalue weighted by molar-refractivity contribution is 6.51. The van der Waals surface area contributed by atoms with Gasteiger partial charge in [0.2, 0.25) is 0 Å². The Bertz CT molecular complexity index is 1110. The lowest BCUT2D eigenvalue weighted by Gasteiger charge is -2.25. The Morgan fingerprint density at radius 1 is 0.897 bits per heavy atom. The quantitative estimate of drug-likeness (QED) is 0.373. The Labute approximate surface area is 171 Å². The third-order valence-corrected chi connectivity index (χ3v) is 5.03. The van der Waals surface area contributed by atoms with Crippen molar-refractivity contribution in [1.82, 2.24) is 0 Å². The zero-order valence-electron chi connectivity index (χ0n) is 15.0. The van der Waals surface area contributed by atoms with Gasteiger partial charge in [-0.15, -0.1) is 0 Å². The van der Waals surface area contributed by atoms with Crippen LogP contribution in [0.4, 0.5) is 10.1 Å². The topological polar surface area (TPSA) is 57.6 Å². The van der Waals surface area contributed by atoms with Crippen molar-refractivity contribution in [3.8, 4) is 0 Å². The van der Waals surface area contributed by atoms with Gasteiger partial charge in [-0.25, -0.2) is 4.39 Å². The van der Waals surface area contributed by atoms with E-state index in [4.69, 9.17) is 11.6 Å². The molecule has 1 heterocycles. The maximum Gasteiger partial charge on any atom is 0.300 e. The number of aliphatic hydroxyl groups excluding tert-OH is 1. The van der Waals surface area contributed by atoms with Crippen molar-refractivity contribution >= 4 is 34.7 Å². The number of carbonyl (C=O) groups excluding carboxylic acids is 2. The van der Waals surface area contributed by atoms with Crippen LogP contribution in [-0.2, 0) is 9.59 Å². The van der Waals surface area contributed by atoms with Crippen LogP contribution in [-0.4, -0.2) is 16.8 Å². The zero-order valence-corrected chi connectivity index (χ0v) is 15.8. The van der Waals surface area contributed by atoms with E-state index in [9.17, 15) is 19.1 Å². The number of amides is 1. The fraction of sp³-hybridized carbons (Fsp3) is 0.0435. The Morgan fingerprint density at radius 3 is 2.14 bits per heavy atom. The van der Waals surface area contributed by atoms with Gasteiger partial charge in [-0.3, -0.25) is 14.5 Å². The van der Waals surface area contributed by atoms with Crippen LogP contribution in [0, 0.1) is 5.82 Å². The van der Waals surface area contributed by atoms with E-state index in [1.54, 1.807) is 54.6 Å². The minimum Gasteiger partial charge on any atom is -0.507 e. The second-order valence-electron chi connectivity index (χ2n) is 6.56. The van der Waals surface area contributed by atoms with Crippen LogP contribution in [0.3, 0.4) is 0 Å². The van der Waals surface area contributed by atoms with Crippen molar-refractivity contribution < 1.29 is 19.1 Å². The second kappa shape index (κ2) is 7.53. The summed E-state index contributed by atoms with van der Waals surface area (Å²) in [5, 5.41) is 11.4. The van der Waals surface area contributed by atoms with Crippen molar-refractivity contribution in [2.75, 3.05) is 4.90 Å². The molecule has 0 aliphatic carbocycles. The molecule has 1 amide bonds. The first-order valence-corrected chi connectivity index (χ1v) is 9.22. The predicted molar refractivity (Wildman–Crippen MR) is 109 cm³/mol. The third-order valence-electron chi connectivity index (χ3n) is 4.78. The van der Waals surface area contributed by atoms with Crippen molar-refractivity contribution in [1.29, 1.82) is 0 Å². The lowest BCUT2D eigenvalue weighted by molar-refractivity contribution is -0.132. The van der Waals surface area contributed by atoms with E-state index in [1.807, 2.05) is 0 Å². The average Bonchev–Trinajstić information content (AvgIpc) is 3.00. The molecule has 0 aromatic heterocycles. The van der Waals surface area contributed by atoms with Crippen molar-refractivity contribution in [2.45, 2.75) is 6.04 Å². The number of ketones is 1. The second-order valence-corrected chi connectivity index (χ2v) is 7.00. The monoisotopic (exact) mass is 407 g/mol. The zero-order chi connectivity index (χ0) is 20.5. The maximum absolute atomic E-state index is 13.4. The lowest BCUT2D eigenvalue weighted by Crippen LogP contribution is -2.29. The number of rotatable bonds is 3. The molecule has 29 heavy (non-hydrogen) atoms. The van der Waals surface area contributed by atoms with Crippen LogP contribution >= 0.6 is 11.6 Å². The van der Waals surface area contributed by atoms with E-state index in [0.29, 0.717) is 21.8 Å². The SMILES string of the molecule is O=C1C(=O)N(c2ccc(F)cc2)[C@@H](c2ccc(Cl)cc2)/C1=C(\O)c1ccccc1. The van der Waals surface area contributed by atoms with Gasteiger partial charge >= 0.3 is 0 Å².